The molecule has 0 unspecified atom stereocenters. The number of phenols is 1. The Morgan fingerprint density at radius 1 is 0.950 bits per heavy atom. The molecule has 0 amide bonds. The van der Waals surface area contributed by atoms with E-state index < -0.39 is 29.1 Å². The number of ether oxygens (including phenoxy) is 2. The van der Waals surface area contributed by atoms with Crippen molar-refractivity contribution in [1.82, 2.24) is 0 Å². The first-order valence-corrected chi connectivity index (χ1v) is 13.1. The molecule has 1 atom stereocenters. The highest BCUT2D eigenvalue weighted by Crippen LogP contribution is 2.28. The Bertz CT molecular complexity index is 1390. The SMILES string of the molecule is COc1ccccc1N1CC[NH+](C[C@@H](O)COc2cccc3ccccc23)CC1.O=C(O)c1c([O-])cccc1O. The minimum absolute atomic E-state index is 0.313. The summed E-state index contributed by atoms with van der Waals surface area (Å²) in [6.07, 6.45) is -0.484. The second-order valence-corrected chi connectivity index (χ2v) is 9.51. The van der Waals surface area contributed by atoms with Crippen molar-refractivity contribution in [2.24, 2.45) is 0 Å². The van der Waals surface area contributed by atoms with Crippen LogP contribution in [-0.4, -0.2) is 73.8 Å². The zero-order valence-corrected chi connectivity index (χ0v) is 22.3. The fourth-order valence-electron chi connectivity index (χ4n) is 4.79. The molecule has 4 N–H and O–H groups in total. The van der Waals surface area contributed by atoms with Gasteiger partial charge in [0.05, 0.1) is 44.5 Å². The number of fused-ring (bicyclic) bond motifs is 1. The number of carbonyl (C=O) groups is 1. The van der Waals surface area contributed by atoms with Crippen LogP contribution in [0.15, 0.2) is 84.9 Å². The Labute approximate surface area is 233 Å². The van der Waals surface area contributed by atoms with Gasteiger partial charge in [-0.05, 0) is 29.7 Å². The number of nitrogens with zero attached hydrogens (tertiary/aromatic N) is 1. The van der Waals surface area contributed by atoms with Gasteiger partial charge in [-0.2, -0.15) is 0 Å². The fourth-order valence-corrected chi connectivity index (χ4v) is 4.79. The van der Waals surface area contributed by atoms with Gasteiger partial charge < -0.3 is 39.7 Å². The van der Waals surface area contributed by atoms with Crippen LogP contribution >= 0.6 is 0 Å². The van der Waals surface area contributed by atoms with Gasteiger partial charge >= 0.3 is 5.97 Å². The molecule has 4 aromatic rings. The Kier molecular flexibility index (Phi) is 9.66. The number of carboxylic acid groups (broad SMARTS) is 1. The van der Waals surface area contributed by atoms with E-state index in [1.807, 2.05) is 42.5 Å². The first-order chi connectivity index (χ1) is 19.4. The highest BCUT2D eigenvalue weighted by atomic mass is 16.5. The Balaban J connectivity index is 0.000000283. The van der Waals surface area contributed by atoms with Gasteiger partial charge in [0, 0.05) is 5.39 Å². The molecule has 1 aliphatic rings. The number of nitrogens with one attached hydrogen (secondary N) is 1. The molecule has 1 aliphatic heterocycles. The molecule has 9 nitrogen and oxygen atoms in total. The maximum Gasteiger partial charge on any atom is 0.338 e. The van der Waals surface area contributed by atoms with E-state index in [1.54, 1.807) is 7.11 Å². The molecule has 0 aliphatic carbocycles. The quantitative estimate of drug-likeness (QED) is 0.265. The van der Waals surface area contributed by atoms with Gasteiger partial charge in [0.1, 0.15) is 36.5 Å². The molecule has 9 heteroatoms. The third-order valence-corrected chi connectivity index (χ3v) is 6.82. The average molecular weight is 547 g/mol. The lowest BCUT2D eigenvalue weighted by Gasteiger charge is -2.35. The van der Waals surface area contributed by atoms with E-state index in [9.17, 15) is 15.0 Å². The summed E-state index contributed by atoms with van der Waals surface area (Å²) >= 11 is 0. The van der Waals surface area contributed by atoms with Gasteiger partial charge in [0.15, 0.2) is 0 Å². The van der Waals surface area contributed by atoms with Crippen molar-refractivity contribution in [2.45, 2.75) is 6.10 Å². The average Bonchev–Trinajstić information content (AvgIpc) is 2.96. The number of aromatic carboxylic acids is 1. The smallest absolute Gasteiger partial charge is 0.338 e. The molecule has 1 saturated heterocycles. The fraction of sp³-hybridized carbons (Fsp3) is 0.258. The van der Waals surface area contributed by atoms with Gasteiger partial charge in [0.25, 0.3) is 0 Å². The van der Waals surface area contributed by atoms with E-state index in [4.69, 9.17) is 19.7 Å². The van der Waals surface area contributed by atoms with Crippen LogP contribution in [-0.2, 0) is 0 Å². The first-order valence-electron chi connectivity index (χ1n) is 13.1. The molecule has 4 aromatic carbocycles. The summed E-state index contributed by atoms with van der Waals surface area (Å²) in [5.41, 5.74) is 0.571. The predicted molar refractivity (Wildman–Crippen MR) is 151 cm³/mol. The molecule has 0 aromatic heterocycles. The van der Waals surface area contributed by atoms with Crippen LogP contribution in [0.2, 0.25) is 0 Å². The maximum absolute atomic E-state index is 10.7. The Hall–Kier alpha value is -4.47. The van der Waals surface area contributed by atoms with E-state index in [-0.39, 0.29) is 0 Å². The largest absolute Gasteiger partial charge is 0.872 e. The number of aliphatic hydroxyl groups excluding tert-OH is 1. The summed E-state index contributed by atoms with van der Waals surface area (Å²) in [6.45, 7) is 4.89. The van der Waals surface area contributed by atoms with Crippen molar-refractivity contribution >= 4 is 22.4 Å². The lowest BCUT2D eigenvalue weighted by Crippen LogP contribution is -3.16. The number of rotatable bonds is 8. The number of para-hydroxylation sites is 2. The van der Waals surface area contributed by atoms with Crippen LogP contribution in [0.1, 0.15) is 10.4 Å². The monoisotopic (exact) mass is 546 g/mol. The van der Waals surface area contributed by atoms with Crippen molar-refractivity contribution in [3.63, 3.8) is 0 Å². The zero-order valence-electron chi connectivity index (χ0n) is 22.3. The molecule has 1 heterocycles. The first kappa shape index (κ1) is 28.5. The standard InChI is InChI=1S/C24H28N2O3.C7H6O4/c1-28-24-11-5-4-10-22(24)26-15-13-25(14-16-26)17-20(27)18-29-23-12-6-8-19-7-2-3-9-21(19)23;8-4-2-1-3-5(9)6(4)7(10)11/h2-12,20,27H,13-18H2,1H3;1-3,8-9H,(H,10,11)/t20-;/m1./s1. The van der Waals surface area contributed by atoms with E-state index in [2.05, 4.69) is 29.2 Å². The third-order valence-electron chi connectivity index (χ3n) is 6.82. The number of anilines is 1. The molecule has 0 radical (unpaired) electrons. The number of methoxy groups -OCH3 is 1. The number of hydrogen-bond acceptors (Lipinski definition) is 7. The summed E-state index contributed by atoms with van der Waals surface area (Å²) in [7, 11) is 1.71. The van der Waals surface area contributed by atoms with Crippen LogP contribution < -0.4 is 24.4 Å². The minimum Gasteiger partial charge on any atom is -0.872 e. The number of carboxylic acids is 1. The van der Waals surface area contributed by atoms with Crippen molar-refractivity contribution in [3.8, 4) is 23.0 Å². The van der Waals surface area contributed by atoms with Crippen molar-refractivity contribution in [2.75, 3.05) is 51.3 Å². The molecule has 1 fully saturated rings. The Morgan fingerprint density at radius 3 is 2.30 bits per heavy atom. The number of benzene rings is 4. The summed E-state index contributed by atoms with van der Waals surface area (Å²) in [4.78, 5) is 14.1. The van der Waals surface area contributed by atoms with E-state index in [0.29, 0.717) is 13.2 Å². The van der Waals surface area contributed by atoms with Gasteiger partial charge in [-0.15, -0.1) is 0 Å². The lowest BCUT2D eigenvalue weighted by atomic mass is 10.1. The molecular formula is C31H34N2O7. The summed E-state index contributed by atoms with van der Waals surface area (Å²) in [5, 5.41) is 40.8. The van der Waals surface area contributed by atoms with E-state index in [0.717, 1.165) is 66.3 Å². The number of aliphatic hydroxyl groups is 1. The minimum atomic E-state index is -1.41. The molecule has 40 heavy (non-hydrogen) atoms. The topological polar surface area (TPSA) is 127 Å². The van der Waals surface area contributed by atoms with Crippen LogP contribution in [0.5, 0.6) is 23.0 Å². The number of hydrogen-bond donors (Lipinski definition) is 4. The van der Waals surface area contributed by atoms with Crippen molar-refractivity contribution in [1.29, 1.82) is 0 Å². The lowest BCUT2D eigenvalue weighted by molar-refractivity contribution is -0.903. The molecule has 0 bridgehead atoms. The molecule has 0 spiro atoms. The summed E-state index contributed by atoms with van der Waals surface area (Å²) < 4.78 is 11.4. The molecule has 5 rings (SSSR count). The second kappa shape index (κ2) is 13.5. The summed E-state index contributed by atoms with van der Waals surface area (Å²) in [6, 6.07) is 25.9. The zero-order chi connectivity index (χ0) is 28.5. The van der Waals surface area contributed by atoms with E-state index in [1.165, 1.54) is 11.0 Å². The number of aromatic hydroxyl groups is 1. The molecular weight excluding hydrogens is 512 g/mol. The van der Waals surface area contributed by atoms with Crippen LogP contribution in [0.25, 0.3) is 10.8 Å². The van der Waals surface area contributed by atoms with Crippen molar-refractivity contribution in [3.05, 3.63) is 90.5 Å². The Morgan fingerprint density at radius 2 is 1.60 bits per heavy atom. The highest BCUT2D eigenvalue weighted by molar-refractivity contribution is 5.93. The van der Waals surface area contributed by atoms with E-state index >= 15 is 0 Å². The van der Waals surface area contributed by atoms with Gasteiger partial charge in [-0.25, -0.2) is 4.79 Å². The van der Waals surface area contributed by atoms with Crippen LogP contribution in [0.3, 0.4) is 0 Å². The molecule has 210 valence electrons. The number of quaternary nitrogens is 1. The van der Waals surface area contributed by atoms with Crippen molar-refractivity contribution < 1.29 is 39.6 Å². The second-order valence-electron chi connectivity index (χ2n) is 9.51. The van der Waals surface area contributed by atoms with Gasteiger partial charge in [-0.1, -0.05) is 66.4 Å². The number of piperazine rings is 1. The maximum atomic E-state index is 10.7. The summed E-state index contributed by atoms with van der Waals surface area (Å²) in [5.74, 6) is -0.840. The van der Waals surface area contributed by atoms with Crippen LogP contribution in [0.4, 0.5) is 5.69 Å². The highest BCUT2D eigenvalue weighted by Gasteiger charge is 2.24. The normalized spacial score (nSPS) is 14.2. The molecule has 0 saturated carbocycles. The van der Waals surface area contributed by atoms with Gasteiger partial charge in [0.2, 0.25) is 0 Å². The van der Waals surface area contributed by atoms with Crippen LogP contribution in [0, 0.1) is 0 Å². The predicted octanol–water partition coefficient (Wildman–Crippen LogP) is 2.16. The van der Waals surface area contributed by atoms with Gasteiger partial charge in [-0.3, -0.25) is 0 Å². The third kappa shape index (κ3) is 7.13.